The van der Waals surface area contributed by atoms with Gasteiger partial charge in [-0.15, -0.1) is 0 Å². The average molecular weight is 601 g/mol. The van der Waals surface area contributed by atoms with E-state index < -0.39 is 51.7 Å². The van der Waals surface area contributed by atoms with Gasteiger partial charge in [0.15, 0.2) is 0 Å². The fraction of sp³-hybridized carbons (Fsp3) is 0.345. The van der Waals surface area contributed by atoms with E-state index in [0.29, 0.717) is 29.1 Å². The predicted molar refractivity (Wildman–Crippen MR) is 151 cm³/mol. The lowest BCUT2D eigenvalue weighted by Gasteiger charge is -2.49. The molecule has 0 spiro atoms. The molecule has 1 saturated carbocycles. The Morgan fingerprint density at radius 1 is 1.12 bits per heavy atom. The topological polar surface area (TPSA) is 118 Å². The first-order valence-corrected chi connectivity index (χ1v) is 15.6. The molecule has 2 aliphatic rings. The highest BCUT2D eigenvalue weighted by atomic mass is 35.5. The standard InChI is InChI=1S/C29H30ClFN4O5S/c1-41(38,39)34-24-7-2-3-8-25(24)35-27(18-9-11-19(30)12-10-18)26(23-16-20(31)13-14-22(23)29(35)37)28(36)33-40-17-21-6-4-5-15-32-21/h4-6,9-16,24-27,34H,2-3,7-8,17H2,1H3,(H,33,36)/t24-,25-,26+,27-/m0/s1. The third-order valence-electron chi connectivity index (χ3n) is 7.49. The first-order chi connectivity index (χ1) is 19.6. The number of nitrogens with one attached hydrogen (secondary N) is 2. The van der Waals surface area contributed by atoms with E-state index in [1.54, 1.807) is 53.6 Å². The summed E-state index contributed by atoms with van der Waals surface area (Å²) in [7, 11) is -3.60. The van der Waals surface area contributed by atoms with Crippen LogP contribution in [-0.4, -0.2) is 48.5 Å². The zero-order valence-electron chi connectivity index (χ0n) is 22.3. The van der Waals surface area contributed by atoms with E-state index >= 15 is 0 Å². The molecule has 216 valence electrons. The fourth-order valence-electron chi connectivity index (χ4n) is 5.82. The minimum atomic E-state index is -3.60. The van der Waals surface area contributed by atoms with E-state index in [2.05, 4.69) is 15.2 Å². The molecule has 4 atom stereocenters. The molecule has 0 saturated heterocycles. The molecule has 2 N–H and O–H groups in total. The van der Waals surface area contributed by atoms with Crippen molar-refractivity contribution < 1.29 is 27.2 Å². The second-order valence-electron chi connectivity index (χ2n) is 10.3. The van der Waals surface area contributed by atoms with Gasteiger partial charge in [-0.25, -0.2) is 23.0 Å². The van der Waals surface area contributed by atoms with Crippen molar-refractivity contribution in [2.45, 2.75) is 56.3 Å². The van der Waals surface area contributed by atoms with Crippen molar-refractivity contribution in [1.82, 2.24) is 20.1 Å². The molecule has 2 aromatic carbocycles. The summed E-state index contributed by atoms with van der Waals surface area (Å²) in [5.74, 6) is -2.68. The second kappa shape index (κ2) is 12.2. The van der Waals surface area contributed by atoms with E-state index in [-0.39, 0.29) is 17.7 Å². The van der Waals surface area contributed by atoms with Gasteiger partial charge in [0, 0.05) is 28.9 Å². The number of nitrogens with zero attached hydrogens (tertiary/aromatic N) is 2. The molecule has 9 nitrogen and oxygen atoms in total. The number of amides is 2. The van der Waals surface area contributed by atoms with E-state index in [1.807, 2.05) is 0 Å². The quantitative estimate of drug-likeness (QED) is 0.373. The normalized spacial score (nSPS) is 22.7. The van der Waals surface area contributed by atoms with Crippen LogP contribution in [0.15, 0.2) is 66.9 Å². The lowest BCUT2D eigenvalue weighted by Crippen LogP contribution is -2.59. The van der Waals surface area contributed by atoms with Crippen LogP contribution in [0.5, 0.6) is 0 Å². The fourth-order valence-corrected chi connectivity index (χ4v) is 6.77. The SMILES string of the molecule is CS(=O)(=O)N[C@H]1CCCC[C@@H]1N1C(=O)c2ccc(F)cc2[C@@H](C(=O)NOCc2ccccn2)[C@@H]1c1ccc(Cl)cc1. The number of hydroxylamine groups is 1. The largest absolute Gasteiger partial charge is 0.326 e. The molecule has 2 amide bonds. The summed E-state index contributed by atoms with van der Waals surface area (Å²) in [5.41, 5.74) is 4.05. The molecule has 1 aliphatic heterocycles. The number of halogens is 2. The molecule has 2 heterocycles. The summed E-state index contributed by atoms with van der Waals surface area (Å²) in [6, 6.07) is 13.7. The van der Waals surface area contributed by atoms with Gasteiger partial charge in [-0.3, -0.25) is 19.4 Å². The number of fused-ring (bicyclic) bond motifs is 1. The maximum absolute atomic E-state index is 14.6. The third kappa shape index (κ3) is 6.59. The molecular weight excluding hydrogens is 571 g/mol. The van der Waals surface area contributed by atoms with Gasteiger partial charge in [0.2, 0.25) is 10.0 Å². The maximum Gasteiger partial charge on any atom is 0.255 e. The Kier molecular flexibility index (Phi) is 8.69. The Morgan fingerprint density at radius 2 is 1.88 bits per heavy atom. The number of sulfonamides is 1. The highest BCUT2D eigenvalue weighted by Gasteiger charge is 2.49. The summed E-state index contributed by atoms with van der Waals surface area (Å²) < 4.78 is 41.9. The van der Waals surface area contributed by atoms with Gasteiger partial charge in [0.05, 0.1) is 23.9 Å². The maximum atomic E-state index is 14.6. The summed E-state index contributed by atoms with van der Waals surface area (Å²) in [6.07, 6.45) is 5.28. The molecule has 0 bridgehead atoms. The Labute approximate surface area is 243 Å². The van der Waals surface area contributed by atoms with Gasteiger partial charge in [0.1, 0.15) is 12.4 Å². The van der Waals surface area contributed by atoms with Gasteiger partial charge < -0.3 is 4.90 Å². The third-order valence-corrected chi connectivity index (χ3v) is 8.48. The van der Waals surface area contributed by atoms with Crippen molar-refractivity contribution in [3.8, 4) is 0 Å². The van der Waals surface area contributed by atoms with Crippen molar-refractivity contribution in [3.63, 3.8) is 0 Å². The van der Waals surface area contributed by atoms with Crippen molar-refractivity contribution in [3.05, 3.63) is 100 Å². The number of rotatable bonds is 8. The number of benzene rings is 2. The lowest BCUT2D eigenvalue weighted by molar-refractivity contribution is -0.138. The van der Waals surface area contributed by atoms with E-state index in [9.17, 15) is 22.4 Å². The molecule has 41 heavy (non-hydrogen) atoms. The van der Waals surface area contributed by atoms with E-state index in [4.69, 9.17) is 16.4 Å². The van der Waals surface area contributed by atoms with E-state index in [0.717, 1.165) is 19.1 Å². The molecule has 1 fully saturated rings. The van der Waals surface area contributed by atoms with Crippen LogP contribution in [0.3, 0.4) is 0 Å². The minimum Gasteiger partial charge on any atom is -0.326 e. The number of pyridine rings is 1. The van der Waals surface area contributed by atoms with Gasteiger partial charge in [-0.05, 0) is 66.4 Å². The highest BCUT2D eigenvalue weighted by Crippen LogP contribution is 2.46. The summed E-state index contributed by atoms with van der Waals surface area (Å²) in [5, 5.41) is 0.461. The molecule has 0 unspecified atom stereocenters. The second-order valence-corrected chi connectivity index (χ2v) is 12.6. The van der Waals surface area contributed by atoms with Crippen molar-refractivity contribution in [2.24, 2.45) is 0 Å². The zero-order chi connectivity index (χ0) is 29.1. The molecule has 1 aromatic heterocycles. The van der Waals surface area contributed by atoms with Gasteiger partial charge in [0.25, 0.3) is 11.8 Å². The van der Waals surface area contributed by atoms with Crippen LogP contribution in [0.25, 0.3) is 0 Å². The monoisotopic (exact) mass is 600 g/mol. The molecule has 12 heteroatoms. The molecular formula is C29H30ClFN4O5S. The average Bonchev–Trinajstić information content (AvgIpc) is 2.93. The first-order valence-electron chi connectivity index (χ1n) is 13.3. The van der Waals surface area contributed by atoms with Crippen LogP contribution in [0.1, 0.15) is 64.8 Å². The summed E-state index contributed by atoms with van der Waals surface area (Å²) in [6.45, 7) is -0.00740. The Hall–Kier alpha value is -3.38. The number of hydrogen-bond acceptors (Lipinski definition) is 6. The van der Waals surface area contributed by atoms with Crippen molar-refractivity contribution in [1.29, 1.82) is 0 Å². The van der Waals surface area contributed by atoms with Crippen LogP contribution in [0.2, 0.25) is 5.02 Å². The Balaban J connectivity index is 1.59. The zero-order valence-corrected chi connectivity index (χ0v) is 23.9. The minimum absolute atomic E-state index is 0.00740. The lowest BCUT2D eigenvalue weighted by atomic mass is 9.76. The summed E-state index contributed by atoms with van der Waals surface area (Å²) in [4.78, 5) is 39.4. The molecule has 5 rings (SSSR count). The van der Waals surface area contributed by atoms with Crippen LogP contribution in [-0.2, 0) is 26.3 Å². The van der Waals surface area contributed by atoms with Gasteiger partial charge in [-0.1, -0.05) is 42.6 Å². The van der Waals surface area contributed by atoms with Gasteiger partial charge >= 0.3 is 0 Å². The predicted octanol–water partition coefficient (Wildman–Crippen LogP) is 4.26. The van der Waals surface area contributed by atoms with Crippen molar-refractivity contribution in [2.75, 3.05) is 6.26 Å². The van der Waals surface area contributed by atoms with Crippen molar-refractivity contribution >= 4 is 33.4 Å². The Morgan fingerprint density at radius 3 is 2.59 bits per heavy atom. The first kappa shape index (κ1) is 29.1. The van der Waals surface area contributed by atoms with Crippen LogP contribution < -0.4 is 10.2 Å². The van der Waals surface area contributed by atoms with E-state index in [1.165, 1.54) is 18.2 Å². The number of hydrogen-bond donors (Lipinski definition) is 2. The van der Waals surface area contributed by atoms with Crippen LogP contribution in [0, 0.1) is 5.82 Å². The number of aromatic nitrogens is 1. The smallest absolute Gasteiger partial charge is 0.255 e. The van der Waals surface area contributed by atoms with Crippen LogP contribution in [0.4, 0.5) is 4.39 Å². The molecule has 3 aromatic rings. The molecule has 1 aliphatic carbocycles. The number of carbonyl (C=O) groups is 2. The summed E-state index contributed by atoms with van der Waals surface area (Å²) >= 11 is 6.18. The Bertz CT molecular complexity index is 1520. The number of carbonyl (C=O) groups excluding carboxylic acids is 2. The molecule has 0 radical (unpaired) electrons. The van der Waals surface area contributed by atoms with Crippen LogP contribution >= 0.6 is 11.6 Å². The highest BCUT2D eigenvalue weighted by molar-refractivity contribution is 7.88. The van der Waals surface area contributed by atoms with Gasteiger partial charge in [-0.2, -0.15) is 0 Å².